The van der Waals surface area contributed by atoms with Gasteiger partial charge in [-0.15, -0.1) is 10.2 Å². The number of methoxy groups -OCH3 is 1. The average molecular weight is 377 g/mol. The largest absolute Gasteiger partial charge is 0.383 e. The summed E-state index contributed by atoms with van der Waals surface area (Å²) in [6.07, 6.45) is 1.65. The van der Waals surface area contributed by atoms with E-state index in [4.69, 9.17) is 4.74 Å². The van der Waals surface area contributed by atoms with Gasteiger partial charge in [-0.05, 0) is 19.1 Å². The van der Waals surface area contributed by atoms with Crippen molar-refractivity contribution in [1.82, 2.24) is 19.7 Å². The standard InChI is InChI=1S/C16H19N5O2S2/c1-3-21(15-18-12-6-4-5-7-13(12)25-15)14(22)10-24-16-19-17-11-20(16)8-9-23-2/h4-7,11H,3,8-10H2,1-2H3. The Bertz CT molecular complexity index is 815. The number of fused-ring (bicyclic) bond motifs is 1. The lowest BCUT2D eigenvalue weighted by Gasteiger charge is -2.17. The second-order valence-corrected chi connectivity index (χ2v) is 7.14. The van der Waals surface area contributed by atoms with Gasteiger partial charge in [0.15, 0.2) is 10.3 Å². The molecule has 9 heteroatoms. The van der Waals surface area contributed by atoms with Gasteiger partial charge in [-0.25, -0.2) is 4.98 Å². The molecule has 7 nitrogen and oxygen atoms in total. The number of hydrogen-bond acceptors (Lipinski definition) is 7. The highest BCUT2D eigenvalue weighted by Gasteiger charge is 2.19. The summed E-state index contributed by atoms with van der Waals surface area (Å²) >= 11 is 2.91. The molecule has 0 saturated carbocycles. The molecule has 0 N–H and O–H groups in total. The Balaban J connectivity index is 1.67. The van der Waals surface area contributed by atoms with Gasteiger partial charge in [-0.2, -0.15) is 0 Å². The van der Waals surface area contributed by atoms with E-state index in [1.165, 1.54) is 23.1 Å². The normalized spacial score (nSPS) is 11.1. The van der Waals surface area contributed by atoms with Gasteiger partial charge in [0, 0.05) is 20.2 Å². The molecular formula is C16H19N5O2S2. The van der Waals surface area contributed by atoms with Crippen LogP contribution in [0.4, 0.5) is 5.13 Å². The van der Waals surface area contributed by atoms with Gasteiger partial charge in [-0.3, -0.25) is 9.69 Å². The van der Waals surface area contributed by atoms with E-state index in [0.29, 0.717) is 24.9 Å². The molecule has 0 unspecified atom stereocenters. The fraction of sp³-hybridized carbons (Fsp3) is 0.375. The maximum absolute atomic E-state index is 12.7. The summed E-state index contributed by atoms with van der Waals surface area (Å²) in [4.78, 5) is 19.0. The van der Waals surface area contributed by atoms with E-state index in [-0.39, 0.29) is 11.7 Å². The highest BCUT2D eigenvalue weighted by atomic mass is 32.2. The van der Waals surface area contributed by atoms with Crippen LogP contribution in [0, 0.1) is 0 Å². The minimum atomic E-state index is 0.00727. The van der Waals surface area contributed by atoms with Crippen LogP contribution >= 0.6 is 23.1 Å². The first kappa shape index (κ1) is 17.8. The molecule has 2 aromatic heterocycles. The number of amides is 1. The molecule has 3 rings (SSSR count). The molecule has 0 fully saturated rings. The maximum atomic E-state index is 12.7. The Kier molecular flexibility index (Phi) is 6.00. The first-order valence-corrected chi connectivity index (χ1v) is 9.68. The second-order valence-electron chi connectivity index (χ2n) is 5.19. The summed E-state index contributed by atoms with van der Waals surface area (Å²) in [6, 6.07) is 7.90. The van der Waals surface area contributed by atoms with Gasteiger partial charge in [0.1, 0.15) is 6.33 Å². The molecule has 2 heterocycles. The summed E-state index contributed by atoms with van der Waals surface area (Å²) in [6.45, 7) is 3.77. The third-order valence-corrected chi connectivity index (χ3v) is 5.60. The first-order chi connectivity index (χ1) is 12.2. The zero-order chi connectivity index (χ0) is 17.6. The molecule has 0 saturated heterocycles. The fourth-order valence-electron chi connectivity index (χ4n) is 2.30. The molecule has 0 aliphatic carbocycles. The van der Waals surface area contributed by atoms with Crippen LogP contribution in [0.1, 0.15) is 6.92 Å². The zero-order valence-electron chi connectivity index (χ0n) is 14.1. The number of hydrogen-bond donors (Lipinski definition) is 0. The van der Waals surface area contributed by atoms with Crippen LogP contribution < -0.4 is 4.90 Å². The van der Waals surface area contributed by atoms with Gasteiger partial charge in [-0.1, -0.05) is 35.2 Å². The highest BCUT2D eigenvalue weighted by Crippen LogP contribution is 2.29. The van der Waals surface area contributed by atoms with Crippen LogP contribution in [0.5, 0.6) is 0 Å². The Morgan fingerprint density at radius 2 is 2.24 bits per heavy atom. The highest BCUT2D eigenvalue weighted by molar-refractivity contribution is 7.99. The lowest BCUT2D eigenvalue weighted by molar-refractivity contribution is -0.116. The first-order valence-electron chi connectivity index (χ1n) is 7.88. The summed E-state index contributed by atoms with van der Waals surface area (Å²) < 4.78 is 8.03. The van der Waals surface area contributed by atoms with Gasteiger partial charge in [0.05, 0.1) is 22.6 Å². The van der Waals surface area contributed by atoms with Gasteiger partial charge in [0.2, 0.25) is 5.91 Å². The minimum Gasteiger partial charge on any atom is -0.383 e. The van der Waals surface area contributed by atoms with Crippen molar-refractivity contribution in [3.63, 3.8) is 0 Å². The smallest absolute Gasteiger partial charge is 0.239 e. The maximum Gasteiger partial charge on any atom is 0.239 e. The van der Waals surface area contributed by atoms with E-state index in [1.54, 1.807) is 18.3 Å². The molecule has 3 aromatic rings. The lowest BCUT2D eigenvalue weighted by Crippen LogP contribution is -2.32. The Morgan fingerprint density at radius 1 is 1.40 bits per heavy atom. The van der Waals surface area contributed by atoms with E-state index >= 15 is 0 Å². The summed E-state index contributed by atoms with van der Waals surface area (Å²) in [5, 5.41) is 9.42. The number of rotatable bonds is 8. The number of aromatic nitrogens is 4. The van der Waals surface area contributed by atoms with Gasteiger partial charge < -0.3 is 9.30 Å². The third kappa shape index (κ3) is 4.17. The van der Waals surface area contributed by atoms with Crippen molar-refractivity contribution >= 4 is 44.4 Å². The Hall–Kier alpha value is -1.97. The molecular weight excluding hydrogens is 358 g/mol. The predicted molar refractivity (Wildman–Crippen MR) is 100 cm³/mol. The van der Waals surface area contributed by atoms with Crippen molar-refractivity contribution in [2.45, 2.75) is 18.6 Å². The van der Waals surface area contributed by atoms with Crippen LogP contribution in [0.25, 0.3) is 10.2 Å². The molecule has 0 aliphatic heterocycles. The summed E-state index contributed by atoms with van der Waals surface area (Å²) in [5.74, 6) is 0.294. The van der Waals surface area contributed by atoms with Crippen LogP contribution in [0.15, 0.2) is 35.7 Å². The number of anilines is 1. The number of thiazole rings is 1. The molecule has 1 amide bonds. The van der Waals surface area contributed by atoms with Crippen LogP contribution in [-0.4, -0.2) is 51.7 Å². The van der Waals surface area contributed by atoms with E-state index in [9.17, 15) is 4.79 Å². The van der Waals surface area contributed by atoms with Crippen molar-refractivity contribution in [3.8, 4) is 0 Å². The zero-order valence-corrected chi connectivity index (χ0v) is 15.7. The Labute approximate surface area is 154 Å². The van der Waals surface area contributed by atoms with E-state index in [0.717, 1.165) is 15.3 Å². The molecule has 0 radical (unpaired) electrons. The van der Waals surface area contributed by atoms with Crippen LogP contribution in [0.2, 0.25) is 0 Å². The van der Waals surface area contributed by atoms with Crippen molar-refractivity contribution in [2.75, 3.05) is 30.9 Å². The van der Waals surface area contributed by atoms with Crippen LogP contribution in [-0.2, 0) is 16.1 Å². The van der Waals surface area contributed by atoms with Gasteiger partial charge >= 0.3 is 0 Å². The number of thioether (sulfide) groups is 1. The second kappa shape index (κ2) is 8.41. The summed E-state index contributed by atoms with van der Waals surface area (Å²) in [5.41, 5.74) is 0.917. The Morgan fingerprint density at radius 3 is 3.00 bits per heavy atom. The quantitative estimate of drug-likeness (QED) is 0.562. The van der Waals surface area contributed by atoms with Crippen molar-refractivity contribution in [1.29, 1.82) is 0 Å². The van der Waals surface area contributed by atoms with Crippen molar-refractivity contribution < 1.29 is 9.53 Å². The molecule has 1 aromatic carbocycles. The number of para-hydroxylation sites is 1. The number of carbonyl (C=O) groups is 1. The molecule has 0 spiro atoms. The minimum absolute atomic E-state index is 0.00727. The van der Waals surface area contributed by atoms with E-state index in [2.05, 4.69) is 15.2 Å². The molecule has 0 atom stereocenters. The van der Waals surface area contributed by atoms with Crippen LogP contribution in [0.3, 0.4) is 0 Å². The predicted octanol–water partition coefficient (Wildman–Crippen LogP) is 2.68. The molecule has 0 bridgehead atoms. The molecule has 25 heavy (non-hydrogen) atoms. The molecule has 132 valence electrons. The van der Waals surface area contributed by atoms with E-state index < -0.39 is 0 Å². The van der Waals surface area contributed by atoms with Gasteiger partial charge in [0.25, 0.3) is 0 Å². The SMILES string of the molecule is CCN(C(=O)CSc1nncn1CCOC)c1nc2ccccc2s1. The lowest BCUT2D eigenvalue weighted by atomic mass is 10.3. The van der Waals surface area contributed by atoms with Crippen molar-refractivity contribution in [3.05, 3.63) is 30.6 Å². The number of carbonyl (C=O) groups excluding carboxylic acids is 1. The molecule has 0 aliphatic rings. The monoisotopic (exact) mass is 377 g/mol. The summed E-state index contributed by atoms with van der Waals surface area (Å²) in [7, 11) is 1.65. The number of benzene rings is 1. The average Bonchev–Trinajstić information content (AvgIpc) is 3.25. The fourth-order valence-corrected chi connectivity index (χ4v) is 4.16. The van der Waals surface area contributed by atoms with E-state index in [1.807, 2.05) is 35.8 Å². The number of nitrogens with zero attached hydrogens (tertiary/aromatic N) is 5. The third-order valence-electron chi connectivity index (χ3n) is 3.57. The topological polar surface area (TPSA) is 73.1 Å². The van der Waals surface area contributed by atoms with Crippen molar-refractivity contribution in [2.24, 2.45) is 0 Å². The number of ether oxygens (including phenoxy) is 1.